The van der Waals surface area contributed by atoms with E-state index in [2.05, 4.69) is 10.6 Å². The molecule has 34 heavy (non-hydrogen) atoms. The zero-order valence-electron chi connectivity index (χ0n) is 19.6. The number of benzene rings is 1. The minimum atomic E-state index is -1.38. The molecule has 0 saturated carbocycles. The van der Waals surface area contributed by atoms with Gasteiger partial charge in [0, 0.05) is 0 Å². The summed E-state index contributed by atoms with van der Waals surface area (Å²) in [6, 6.07) is 4.58. The molecule has 3 rings (SSSR count). The standard InChI is InChI=1S/C24H28FN3O5S/c1-5-24(16-7-9-17(25)10-8-16)22(31)28(23(32)27-24)12-18(29)26-20-19(21(30)33-6-2)15(13-34-20)11-14(3)4/h7-10,13-14H,5-6,11-12H2,1-4H3,(H,26,29)(H,27,32). The second-order valence-corrected chi connectivity index (χ2v) is 9.30. The number of anilines is 1. The Kier molecular flexibility index (Phi) is 7.71. The third-order valence-electron chi connectivity index (χ3n) is 5.57. The number of rotatable bonds is 9. The van der Waals surface area contributed by atoms with E-state index in [1.165, 1.54) is 35.6 Å². The van der Waals surface area contributed by atoms with E-state index in [-0.39, 0.29) is 18.9 Å². The van der Waals surface area contributed by atoms with Gasteiger partial charge in [-0.2, -0.15) is 0 Å². The van der Waals surface area contributed by atoms with E-state index in [0.29, 0.717) is 22.5 Å². The average molecular weight is 490 g/mol. The first kappa shape index (κ1) is 25.4. The number of carbonyl (C=O) groups is 4. The van der Waals surface area contributed by atoms with Crippen molar-refractivity contribution >= 4 is 40.2 Å². The van der Waals surface area contributed by atoms with Gasteiger partial charge in [-0.1, -0.05) is 32.9 Å². The fourth-order valence-corrected chi connectivity index (χ4v) is 4.94. The number of ether oxygens (including phenoxy) is 1. The zero-order valence-corrected chi connectivity index (χ0v) is 20.4. The lowest BCUT2D eigenvalue weighted by molar-refractivity contribution is -0.134. The van der Waals surface area contributed by atoms with E-state index in [1.54, 1.807) is 19.2 Å². The molecule has 2 N–H and O–H groups in total. The van der Waals surface area contributed by atoms with E-state index in [4.69, 9.17) is 4.74 Å². The first-order valence-corrected chi connectivity index (χ1v) is 12.0. The quantitative estimate of drug-likeness (QED) is 0.408. The van der Waals surface area contributed by atoms with Crippen LogP contribution in [0.25, 0.3) is 0 Å². The van der Waals surface area contributed by atoms with Crippen LogP contribution in [0, 0.1) is 11.7 Å². The maximum absolute atomic E-state index is 13.4. The van der Waals surface area contributed by atoms with Crippen molar-refractivity contribution < 1.29 is 28.3 Å². The van der Waals surface area contributed by atoms with Crippen LogP contribution in [0.3, 0.4) is 0 Å². The number of nitrogens with one attached hydrogen (secondary N) is 2. The SMILES string of the molecule is CCOC(=O)c1c(CC(C)C)csc1NC(=O)CN1C(=O)NC(CC)(c2ccc(F)cc2)C1=O. The summed E-state index contributed by atoms with van der Waals surface area (Å²) in [5, 5.41) is 7.43. The Morgan fingerprint density at radius 2 is 1.88 bits per heavy atom. The number of esters is 1. The molecular formula is C24H28FN3O5S. The highest BCUT2D eigenvalue weighted by atomic mass is 32.1. The van der Waals surface area contributed by atoms with Gasteiger partial charge in [0.15, 0.2) is 0 Å². The molecule has 1 unspecified atom stereocenters. The Balaban J connectivity index is 1.80. The molecule has 1 atom stereocenters. The summed E-state index contributed by atoms with van der Waals surface area (Å²) in [6.07, 6.45) is 0.849. The summed E-state index contributed by atoms with van der Waals surface area (Å²) in [5.74, 6) is -1.94. The second-order valence-electron chi connectivity index (χ2n) is 8.42. The third kappa shape index (κ3) is 4.96. The van der Waals surface area contributed by atoms with Crippen LogP contribution in [0.4, 0.5) is 14.2 Å². The molecule has 1 aromatic carbocycles. The molecule has 0 radical (unpaired) electrons. The van der Waals surface area contributed by atoms with E-state index in [1.807, 2.05) is 13.8 Å². The molecule has 1 fully saturated rings. The third-order valence-corrected chi connectivity index (χ3v) is 6.52. The summed E-state index contributed by atoms with van der Waals surface area (Å²) in [7, 11) is 0. The van der Waals surface area contributed by atoms with Crippen LogP contribution in [0.5, 0.6) is 0 Å². The fraction of sp³-hybridized carbons (Fsp3) is 0.417. The van der Waals surface area contributed by atoms with Crippen LogP contribution in [0.15, 0.2) is 29.6 Å². The summed E-state index contributed by atoms with van der Waals surface area (Å²) in [6.45, 7) is 7.11. The first-order valence-electron chi connectivity index (χ1n) is 11.1. The molecule has 8 nitrogen and oxygen atoms in total. The molecule has 0 spiro atoms. The number of imide groups is 1. The Morgan fingerprint density at radius 1 is 1.21 bits per heavy atom. The van der Waals surface area contributed by atoms with Gasteiger partial charge < -0.3 is 15.4 Å². The number of amides is 4. The molecule has 1 saturated heterocycles. The van der Waals surface area contributed by atoms with Crippen LogP contribution in [-0.4, -0.2) is 41.9 Å². The predicted molar refractivity (Wildman–Crippen MR) is 126 cm³/mol. The van der Waals surface area contributed by atoms with Gasteiger partial charge in [-0.25, -0.2) is 14.0 Å². The molecule has 1 aliphatic heterocycles. The van der Waals surface area contributed by atoms with Gasteiger partial charge in [0.05, 0.1) is 12.2 Å². The highest BCUT2D eigenvalue weighted by molar-refractivity contribution is 7.15. The van der Waals surface area contributed by atoms with Crippen LogP contribution in [0.1, 0.15) is 55.6 Å². The first-order chi connectivity index (χ1) is 16.1. The lowest BCUT2D eigenvalue weighted by Gasteiger charge is -2.25. The normalized spacial score (nSPS) is 17.8. The lowest BCUT2D eigenvalue weighted by Crippen LogP contribution is -2.44. The Labute approximate surface area is 201 Å². The molecule has 2 aromatic rings. The smallest absolute Gasteiger partial charge is 0.341 e. The molecule has 0 aliphatic carbocycles. The summed E-state index contributed by atoms with van der Waals surface area (Å²) in [5.41, 5.74) is 0.110. The molecule has 10 heteroatoms. The van der Waals surface area contributed by atoms with Crippen LogP contribution < -0.4 is 10.6 Å². The molecule has 4 amide bonds. The van der Waals surface area contributed by atoms with E-state index in [0.717, 1.165) is 10.5 Å². The summed E-state index contributed by atoms with van der Waals surface area (Å²) < 4.78 is 18.5. The Hall–Kier alpha value is -3.27. The topological polar surface area (TPSA) is 105 Å². The van der Waals surface area contributed by atoms with Crippen LogP contribution >= 0.6 is 11.3 Å². The molecule has 0 bridgehead atoms. The summed E-state index contributed by atoms with van der Waals surface area (Å²) in [4.78, 5) is 52.1. The molecule has 2 heterocycles. The van der Waals surface area contributed by atoms with Crippen molar-refractivity contribution in [2.45, 2.75) is 46.1 Å². The van der Waals surface area contributed by atoms with Crippen molar-refractivity contribution in [1.29, 1.82) is 0 Å². The lowest BCUT2D eigenvalue weighted by atomic mass is 9.87. The monoisotopic (exact) mass is 489 g/mol. The molecule has 1 aromatic heterocycles. The van der Waals surface area contributed by atoms with Crippen molar-refractivity contribution in [1.82, 2.24) is 10.2 Å². The average Bonchev–Trinajstić information content (AvgIpc) is 3.27. The fourth-order valence-electron chi connectivity index (χ4n) is 3.96. The summed E-state index contributed by atoms with van der Waals surface area (Å²) >= 11 is 1.19. The van der Waals surface area contributed by atoms with Crippen molar-refractivity contribution in [2.24, 2.45) is 5.92 Å². The largest absolute Gasteiger partial charge is 0.462 e. The molecule has 182 valence electrons. The van der Waals surface area contributed by atoms with Gasteiger partial charge in [-0.3, -0.25) is 14.5 Å². The molecular weight excluding hydrogens is 461 g/mol. The number of thiophene rings is 1. The van der Waals surface area contributed by atoms with Gasteiger partial charge in [-0.05, 0) is 54.3 Å². The maximum Gasteiger partial charge on any atom is 0.341 e. The van der Waals surface area contributed by atoms with Gasteiger partial charge in [0.25, 0.3) is 5.91 Å². The van der Waals surface area contributed by atoms with Crippen molar-refractivity contribution in [2.75, 3.05) is 18.5 Å². The highest BCUT2D eigenvalue weighted by Gasteiger charge is 2.51. The number of hydrogen-bond donors (Lipinski definition) is 2. The van der Waals surface area contributed by atoms with Crippen LogP contribution in [0.2, 0.25) is 0 Å². The minimum Gasteiger partial charge on any atom is -0.462 e. The number of urea groups is 1. The van der Waals surface area contributed by atoms with E-state index < -0.39 is 41.7 Å². The van der Waals surface area contributed by atoms with Gasteiger partial charge in [0.1, 0.15) is 22.9 Å². The molecule has 1 aliphatic rings. The second kappa shape index (κ2) is 10.3. The van der Waals surface area contributed by atoms with Gasteiger partial charge in [0.2, 0.25) is 5.91 Å². The Bertz CT molecular complexity index is 1100. The number of carbonyl (C=O) groups excluding carboxylic acids is 4. The van der Waals surface area contributed by atoms with Crippen LogP contribution in [-0.2, 0) is 26.3 Å². The van der Waals surface area contributed by atoms with Crippen molar-refractivity contribution in [3.63, 3.8) is 0 Å². The number of nitrogens with zero attached hydrogens (tertiary/aromatic N) is 1. The van der Waals surface area contributed by atoms with E-state index in [9.17, 15) is 23.6 Å². The highest BCUT2D eigenvalue weighted by Crippen LogP contribution is 2.33. The predicted octanol–water partition coefficient (Wildman–Crippen LogP) is 4.06. The maximum atomic E-state index is 13.4. The minimum absolute atomic E-state index is 0.189. The zero-order chi connectivity index (χ0) is 25.0. The Morgan fingerprint density at radius 3 is 2.47 bits per heavy atom. The number of halogens is 1. The van der Waals surface area contributed by atoms with Crippen molar-refractivity contribution in [3.05, 3.63) is 52.2 Å². The van der Waals surface area contributed by atoms with Crippen molar-refractivity contribution in [3.8, 4) is 0 Å². The van der Waals surface area contributed by atoms with E-state index >= 15 is 0 Å². The van der Waals surface area contributed by atoms with Gasteiger partial charge >= 0.3 is 12.0 Å². The number of hydrogen-bond acceptors (Lipinski definition) is 6. The van der Waals surface area contributed by atoms with Gasteiger partial charge in [-0.15, -0.1) is 11.3 Å².